The number of nitrogens with zero attached hydrogens (tertiary/aromatic N) is 2. The van der Waals surface area contributed by atoms with Crippen molar-refractivity contribution < 1.29 is 0 Å². The fourth-order valence-corrected chi connectivity index (χ4v) is 2.34. The fraction of sp³-hybridized carbons (Fsp3) is 0.389. The Balaban J connectivity index is 2.26. The van der Waals surface area contributed by atoms with Gasteiger partial charge in [-0.25, -0.2) is 4.98 Å². The number of anilines is 1. The summed E-state index contributed by atoms with van der Waals surface area (Å²) in [5.74, 6) is 1.04. The van der Waals surface area contributed by atoms with Gasteiger partial charge in [0, 0.05) is 24.8 Å². The molecule has 0 aliphatic heterocycles. The second-order valence-electron chi connectivity index (χ2n) is 5.66. The lowest BCUT2D eigenvalue weighted by Crippen LogP contribution is -2.31. The van der Waals surface area contributed by atoms with Crippen molar-refractivity contribution in [1.82, 2.24) is 10.3 Å². The third-order valence-corrected chi connectivity index (χ3v) is 3.82. The molecule has 0 aliphatic carbocycles. The maximum Gasteiger partial charge on any atom is 0.129 e. The van der Waals surface area contributed by atoms with Crippen LogP contribution in [0.1, 0.15) is 37.9 Å². The molecule has 21 heavy (non-hydrogen) atoms. The fourth-order valence-electron chi connectivity index (χ4n) is 2.34. The average Bonchev–Trinajstić information content (AvgIpc) is 2.52. The molecule has 112 valence electrons. The molecule has 2 rings (SSSR count). The van der Waals surface area contributed by atoms with Gasteiger partial charge in [0.15, 0.2) is 0 Å². The molecule has 0 spiro atoms. The van der Waals surface area contributed by atoms with Crippen molar-refractivity contribution in [2.45, 2.75) is 39.4 Å². The smallest absolute Gasteiger partial charge is 0.129 e. The van der Waals surface area contributed by atoms with Crippen molar-refractivity contribution in [3.05, 3.63) is 59.8 Å². The standard InChI is InChI=1S/C18H25N3/c1-14(2)21(13-16-8-6-5-7-9-16)18-12-17(10-11-20-18)15(3)19-4/h5-12,14-15,19H,13H2,1-4H3. The van der Waals surface area contributed by atoms with Gasteiger partial charge in [0.25, 0.3) is 0 Å². The van der Waals surface area contributed by atoms with Crippen LogP contribution in [-0.2, 0) is 6.54 Å². The van der Waals surface area contributed by atoms with Crippen molar-refractivity contribution in [1.29, 1.82) is 0 Å². The van der Waals surface area contributed by atoms with Crippen LogP contribution in [0.4, 0.5) is 5.82 Å². The first-order chi connectivity index (χ1) is 10.1. The van der Waals surface area contributed by atoms with Gasteiger partial charge in [0.2, 0.25) is 0 Å². The molecule has 0 saturated carbocycles. The van der Waals surface area contributed by atoms with E-state index < -0.39 is 0 Å². The van der Waals surface area contributed by atoms with E-state index in [4.69, 9.17) is 0 Å². The summed E-state index contributed by atoms with van der Waals surface area (Å²) >= 11 is 0. The second kappa shape index (κ2) is 7.23. The highest BCUT2D eigenvalue weighted by Gasteiger charge is 2.14. The topological polar surface area (TPSA) is 28.2 Å². The van der Waals surface area contributed by atoms with Gasteiger partial charge < -0.3 is 10.2 Å². The zero-order valence-corrected chi connectivity index (χ0v) is 13.4. The molecule has 1 aromatic heterocycles. The van der Waals surface area contributed by atoms with Crippen LogP contribution >= 0.6 is 0 Å². The number of pyridine rings is 1. The van der Waals surface area contributed by atoms with Crippen LogP contribution in [-0.4, -0.2) is 18.1 Å². The first-order valence-electron chi connectivity index (χ1n) is 7.55. The molecule has 2 aromatic rings. The lowest BCUT2D eigenvalue weighted by Gasteiger charge is -2.28. The van der Waals surface area contributed by atoms with E-state index in [1.807, 2.05) is 13.2 Å². The van der Waals surface area contributed by atoms with E-state index in [-0.39, 0.29) is 0 Å². The van der Waals surface area contributed by atoms with Crippen LogP contribution in [0.5, 0.6) is 0 Å². The van der Waals surface area contributed by atoms with Gasteiger partial charge in [-0.2, -0.15) is 0 Å². The Bertz CT molecular complexity index is 551. The minimum atomic E-state index is 0.331. The van der Waals surface area contributed by atoms with Crippen LogP contribution in [0.25, 0.3) is 0 Å². The summed E-state index contributed by atoms with van der Waals surface area (Å²) in [6.07, 6.45) is 1.90. The van der Waals surface area contributed by atoms with E-state index in [0.29, 0.717) is 12.1 Å². The Morgan fingerprint density at radius 2 is 1.81 bits per heavy atom. The predicted molar refractivity (Wildman–Crippen MR) is 89.5 cm³/mol. The summed E-state index contributed by atoms with van der Waals surface area (Å²) in [7, 11) is 1.98. The van der Waals surface area contributed by atoms with E-state index in [0.717, 1.165) is 12.4 Å². The third-order valence-electron chi connectivity index (χ3n) is 3.82. The molecule has 3 nitrogen and oxygen atoms in total. The second-order valence-corrected chi connectivity index (χ2v) is 5.66. The van der Waals surface area contributed by atoms with E-state index >= 15 is 0 Å². The first kappa shape index (κ1) is 15.5. The van der Waals surface area contributed by atoms with Crippen molar-refractivity contribution in [2.75, 3.05) is 11.9 Å². The zero-order valence-electron chi connectivity index (χ0n) is 13.4. The summed E-state index contributed by atoms with van der Waals surface area (Å²) in [4.78, 5) is 6.91. The summed E-state index contributed by atoms with van der Waals surface area (Å²) in [5, 5.41) is 3.28. The lowest BCUT2D eigenvalue weighted by atomic mass is 10.1. The van der Waals surface area contributed by atoms with Crippen LogP contribution in [0.3, 0.4) is 0 Å². The highest BCUT2D eigenvalue weighted by molar-refractivity contribution is 5.43. The maximum atomic E-state index is 4.57. The molecule has 1 heterocycles. The van der Waals surface area contributed by atoms with E-state index in [1.54, 1.807) is 0 Å². The average molecular weight is 283 g/mol. The Morgan fingerprint density at radius 1 is 1.10 bits per heavy atom. The highest BCUT2D eigenvalue weighted by Crippen LogP contribution is 2.21. The zero-order chi connectivity index (χ0) is 15.2. The molecule has 0 saturated heterocycles. The Morgan fingerprint density at radius 3 is 2.43 bits per heavy atom. The van der Waals surface area contributed by atoms with Gasteiger partial charge in [-0.1, -0.05) is 30.3 Å². The van der Waals surface area contributed by atoms with E-state index in [1.165, 1.54) is 11.1 Å². The summed E-state index contributed by atoms with van der Waals surface area (Å²) in [5.41, 5.74) is 2.57. The Kier molecular flexibility index (Phi) is 5.34. The first-order valence-corrected chi connectivity index (χ1v) is 7.55. The van der Waals surface area contributed by atoms with Crippen LogP contribution < -0.4 is 10.2 Å². The molecular formula is C18H25N3. The highest BCUT2D eigenvalue weighted by atomic mass is 15.2. The monoisotopic (exact) mass is 283 g/mol. The van der Waals surface area contributed by atoms with Crippen LogP contribution in [0.2, 0.25) is 0 Å². The summed E-state index contributed by atoms with van der Waals surface area (Å²) in [6.45, 7) is 7.45. The molecule has 1 N–H and O–H groups in total. The maximum absolute atomic E-state index is 4.57. The molecule has 1 atom stereocenters. The number of rotatable bonds is 6. The number of aromatic nitrogens is 1. The van der Waals surface area contributed by atoms with Crippen molar-refractivity contribution in [3.8, 4) is 0 Å². The number of benzene rings is 1. The molecule has 0 bridgehead atoms. The van der Waals surface area contributed by atoms with Crippen LogP contribution in [0, 0.1) is 0 Å². The molecule has 3 heteroatoms. The van der Waals surface area contributed by atoms with Crippen molar-refractivity contribution in [3.63, 3.8) is 0 Å². The van der Waals surface area contributed by atoms with E-state index in [9.17, 15) is 0 Å². The molecule has 0 aliphatic rings. The van der Waals surface area contributed by atoms with Gasteiger partial charge in [-0.15, -0.1) is 0 Å². The minimum Gasteiger partial charge on any atom is -0.350 e. The van der Waals surface area contributed by atoms with E-state index in [2.05, 4.69) is 78.4 Å². The molecular weight excluding hydrogens is 258 g/mol. The number of hydrogen-bond donors (Lipinski definition) is 1. The van der Waals surface area contributed by atoms with Crippen molar-refractivity contribution >= 4 is 5.82 Å². The van der Waals surface area contributed by atoms with Crippen LogP contribution in [0.15, 0.2) is 48.7 Å². The lowest BCUT2D eigenvalue weighted by molar-refractivity contribution is 0.643. The van der Waals surface area contributed by atoms with Gasteiger partial charge in [-0.05, 0) is 51.1 Å². The third kappa shape index (κ3) is 4.05. The predicted octanol–water partition coefficient (Wildman–Crippen LogP) is 3.78. The largest absolute Gasteiger partial charge is 0.350 e. The number of nitrogens with one attached hydrogen (secondary N) is 1. The quantitative estimate of drug-likeness (QED) is 0.874. The van der Waals surface area contributed by atoms with Crippen molar-refractivity contribution in [2.24, 2.45) is 0 Å². The molecule has 0 amide bonds. The van der Waals surface area contributed by atoms with Gasteiger partial charge in [-0.3, -0.25) is 0 Å². The van der Waals surface area contributed by atoms with Gasteiger partial charge >= 0.3 is 0 Å². The molecule has 0 fully saturated rings. The minimum absolute atomic E-state index is 0.331. The normalized spacial score (nSPS) is 12.4. The molecule has 1 aromatic carbocycles. The number of hydrogen-bond acceptors (Lipinski definition) is 3. The Hall–Kier alpha value is -1.87. The molecule has 0 radical (unpaired) electrons. The van der Waals surface area contributed by atoms with Gasteiger partial charge in [0.1, 0.15) is 5.82 Å². The summed E-state index contributed by atoms with van der Waals surface area (Å²) in [6, 6.07) is 15.5. The SMILES string of the molecule is CNC(C)c1ccnc(N(Cc2ccccc2)C(C)C)c1. The Labute approximate surface area is 128 Å². The van der Waals surface area contributed by atoms with Gasteiger partial charge in [0.05, 0.1) is 0 Å². The molecule has 1 unspecified atom stereocenters. The summed E-state index contributed by atoms with van der Waals surface area (Å²) < 4.78 is 0.